The van der Waals surface area contributed by atoms with Gasteiger partial charge >= 0.3 is 0 Å². The van der Waals surface area contributed by atoms with Crippen molar-refractivity contribution in [2.75, 3.05) is 24.3 Å². The number of allylic oxidation sites excluding steroid dienone is 1. The minimum Gasteiger partial charge on any atom is -0.379 e. The molecule has 92 valence electrons. The van der Waals surface area contributed by atoms with Crippen molar-refractivity contribution in [2.24, 2.45) is 0 Å². The van der Waals surface area contributed by atoms with Gasteiger partial charge in [-0.25, -0.2) is 0 Å². The van der Waals surface area contributed by atoms with Crippen molar-refractivity contribution in [1.82, 2.24) is 0 Å². The Bertz CT molecular complexity index is 407. The van der Waals surface area contributed by atoms with Crippen molar-refractivity contribution >= 4 is 11.4 Å². The summed E-state index contributed by atoms with van der Waals surface area (Å²) < 4.78 is 0. The van der Waals surface area contributed by atoms with E-state index in [0.717, 1.165) is 0 Å². The largest absolute Gasteiger partial charge is 0.379 e. The highest BCUT2D eigenvalue weighted by Gasteiger charge is 2.09. The predicted octanol–water partition coefficient (Wildman–Crippen LogP) is 3.58. The SMILES string of the molecule is Cc1ccc(NC2C=CCCC2)cc1N(C)C. The van der Waals surface area contributed by atoms with Gasteiger partial charge in [-0.05, 0) is 43.9 Å². The third-order valence-corrected chi connectivity index (χ3v) is 3.30. The molecule has 2 nitrogen and oxygen atoms in total. The summed E-state index contributed by atoms with van der Waals surface area (Å²) in [6.45, 7) is 2.15. The molecular formula is C15H22N2. The minimum atomic E-state index is 0.501. The summed E-state index contributed by atoms with van der Waals surface area (Å²) >= 11 is 0. The van der Waals surface area contributed by atoms with Crippen LogP contribution in [0.2, 0.25) is 0 Å². The summed E-state index contributed by atoms with van der Waals surface area (Å²) in [5.74, 6) is 0. The zero-order valence-corrected chi connectivity index (χ0v) is 11.0. The lowest BCUT2D eigenvalue weighted by Crippen LogP contribution is -2.19. The van der Waals surface area contributed by atoms with Gasteiger partial charge in [0.15, 0.2) is 0 Å². The molecule has 2 heteroatoms. The van der Waals surface area contributed by atoms with E-state index in [4.69, 9.17) is 0 Å². The van der Waals surface area contributed by atoms with Gasteiger partial charge in [-0.15, -0.1) is 0 Å². The number of hydrogen-bond acceptors (Lipinski definition) is 2. The Labute approximate surface area is 104 Å². The highest BCUT2D eigenvalue weighted by Crippen LogP contribution is 2.24. The molecule has 1 aromatic carbocycles. The summed E-state index contributed by atoms with van der Waals surface area (Å²) in [4.78, 5) is 2.16. The van der Waals surface area contributed by atoms with Gasteiger partial charge in [0.1, 0.15) is 0 Å². The lowest BCUT2D eigenvalue weighted by molar-refractivity contribution is 0.674. The molecule has 0 fully saturated rings. The van der Waals surface area contributed by atoms with Crippen LogP contribution in [0.3, 0.4) is 0 Å². The third-order valence-electron chi connectivity index (χ3n) is 3.30. The molecule has 0 heterocycles. The second-order valence-corrected chi connectivity index (χ2v) is 5.01. The average Bonchev–Trinajstić information content (AvgIpc) is 2.32. The Morgan fingerprint density at radius 2 is 2.12 bits per heavy atom. The van der Waals surface area contributed by atoms with Crippen molar-refractivity contribution in [1.29, 1.82) is 0 Å². The molecule has 0 amide bonds. The van der Waals surface area contributed by atoms with Crippen LogP contribution in [0.15, 0.2) is 30.4 Å². The Balaban J connectivity index is 2.13. The lowest BCUT2D eigenvalue weighted by Gasteiger charge is -2.22. The maximum absolute atomic E-state index is 3.59. The van der Waals surface area contributed by atoms with Gasteiger partial charge in [-0.2, -0.15) is 0 Å². The Morgan fingerprint density at radius 1 is 1.29 bits per heavy atom. The first-order valence-electron chi connectivity index (χ1n) is 6.38. The quantitative estimate of drug-likeness (QED) is 0.798. The van der Waals surface area contributed by atoms with E-state index in [1.165, 1.54) is 36.2 Å². The molecule has 0 spiro atoms. The normalized spacial score (nSPS) is 19.1. The number of nitrogens with one attached hydrogen (secondary N) is 1. The molecule has 1 N–H and O–H groups in total. The molecule has 0 bridgehead atoms. The second kappa shape index (κ2) is 5.26. The van der Waals surface area contributed by atoms with Crippen LogP contribution in [0, 0.1) is 6.92 Å². The van der Waals surface area contributed by atoms with Crippen molar-refractivity contribution in [3.8, 4) is 0 Å². The molecular weight excluding hydrogens is 208 g/mol. The Hall–Kier alpha value is -1.44. The molecule has 0 saturated carbocycles. The molecule has 17 heavy (non-hydrogen) atoms. The maximum atomic E-state index is 3.59. The fourth-order valence-corrected chi connectivity index (χ4v) is 2.33. The number of aryl methyl sites for hydroxylation is 1. The first-order valence-corrected chi connectivity index (χ1v) is 6.38. The molecule has 1 aromatic rings. The van der Waals surface area contributed by atoms with Crippen molar-refractivity contribution in [3.63, 3.8) is 0 Å². The number of rotatable bonds is 3. The topological polar surface area (TPSA) is 15.3 Å². The van der Waals surface area contributed by atoms with Crippen LogP contribution in [-0.2, 0) is 0 Å². The predicted molar refractivity (Wildman–Crippen MR) is 75.9 cm³/mol. The van der Waals surface area contributed by atoms with E-state index in [0.29, 0.717) is 6.04 Å². The van der Waals surface area contributed by atoms with Gasteiger partial charge in [-0.1, -0.05) is 18.2 Å². The van der Waals surface area contributed by atoms with Gasteiger partial charge < -0.3 is 10.2 Å². The van der Waals surface area contributed by atoms with Crippen LogP contribution >= 0.6 is 0 Å². The molecule has 1 aliphatic carbocycles. The first kappa shape index (κ1) is 12.0. The zero-order chi connectivity index (χ0) is 12.3. The van der Waals surface area contributed by atoms with E-state index in [-0.39, 0.29) is 0 Å². The summed E-state index contributed by atoms with van der Waals surface area (Å²) in [6.07, 6.45) is 8.33. The van der Waals surface area contributed by atoms with Crippen LogP contribution in [0.5, 0.6) is 0 Å². The van der Waals surface area contributed by atoms with Gasteiger partial charge in [0.25, 0.3) is 0 Å². The fourth-order valence-electron chi connectivity index (χ4n) is 2.33. The summed E-state index contributed by atoms with van der Waals surface area (Å²) in [5.41, 5.74) is 3.82. The molecule has 1 unspecified atom stereocenters. The smallest absolute Gasteiger partial charge is 0.0444 e. The van der Waals surface area contributed by atoms with E-state index < -0.39 is 0 Å². The molecule has 0 aliphatic heterocycles. The summed E-state index contributed by atoms with van der Waals surface area (Å²) in [5, 5.41) is 3.59. The third kappa shape index (κ3) is 3.02. The van der Waals surface area contributed by atoms with E-state index in [9.17, 15) is 0 Å². The fraction of sp³-hybridized carbons (Fsp3) is 0.467. The van der Waals surface area contributed by atoms with E-state index in [2.05, 4.69) is 61.6 Å². The van der Waals surface area contributed by atoms with Crippen LogP contribution in [0.1, 0.15) is 24.8 Å². The zero-order valence-electron chi connectivity index (χ0n) is 11.0. The van der Waals surface area contributed by atoms with E-state index >= 15 is 0 Å². The van der Waals surface area contributed by atoms with Crippen LogP contribution in [0.25, 0.3) is 0 Å². The van der Waals surface area contributed by atoms with Crippen LogP contribution in [0.4, 0.5) is 11.4 Å². The molecule has 0 radical (unpaired) electrons. The molecule has 1 atom stereocenters. The standard InChI is InChI=1S/C15H22N2/c1-12-9-10-14(11-15(12)17(2)3)16-13-7-5-4-6-8-13/h5,7,9-11,13,16H,4,6,8H2,1-3H3. The summed E-state index contributed by atoms with van der Waals surface area (Å²) in [6, 6.07) is 7.09. The van der Waals surface area contributed by atoms with Crippen LogP contribution in [-0.4, -0.2) is 20.1 Å². The molecule has 2 rings (SSSR count). The molecule has 0 aromatic heterocycles. The van der Waals surface area contributed by atoms with Crippen molar-refractivity contribution < 1.29 is 0 Å². The second-order valence-electron chi connectivity index (χ2n) is 5.01. The number of hydrogen-bond donors (Lipinski definition) is 1. The monoisotopic (exact) mass is 230 g/mol. The first-order chi connectivity index (χ1) is 8.16. The number of benzene rings is 1. The number of nitrogens with zero attached hydrogens (tertiary/aromatic N) is 1. The minimum absolute atomic E-state index is 0.501. The highest BCUT2D eigenvalue weighted by atomic mass is 15.1. The maximum Gasteiger partial charge on any atom is 0.0444 e. The van der Waals surface area contributed by atoms with Gasteiger partial charge in [0, 0.05) is 31.5 Å². The molecule has 1 aliphatic rings. The Morgan fingerprint density at radius 3 is 2.76 bits per heavy atom. The van der Waals surface area contributed by atoms with Crippen LogP contribution < -0.4 is 10.2 Å². The molecule has 0 saturated heterocycles. The van der Waals surface area contributed by atoms with Gasteiger partial charge in [-0.3, -0.25) is 0 Å². The highest BCUT2D eigenvalue weighted by molar-refractivity contribution is 5.62. The Kier molecular flexibility index (Phi) is 3.72. The number of anilines is 2. The van der Waals surface area contributed by atoms with Crippen molar-refractivity contribution in [2.45, 2.75) is 32.2 Å². The van der Waals surface area contributed by atoms with Gasteiger partial charge in [0.2, 0.25) is 0 Å². The van der Waals surface area contributed by atoms with E-state index in [1.54, 1.807) is 0 Å². The lowest BCUT2D eigenvalue weighted by atomic mass is 10.0. The average molecular weight is 230 g/mol. The van der Waals surface area contributed by atoms with Gasteiger partial charge in [0.05, 0.1) is 0 Å². The van der Waals surface area contributed by atoms with E-state index in [1.807, 2.05) is 0 Å². The summed E-state index contributed by atoms with van der Waals surface area (Å²) in [7, 11) is 4.18. The van der Waals surface area contributed by atoms with Crippen molar-refractivity contribution in [3.05, 3.63) is 35.9 Å².